The number of aryl methyl sites for hydroxylation is 1. The fourth-order valence-electron chi connectivity index (χ4n) is 1.91. The summed E-state index contributed by atoms with van der Waals surface area (Å²) in [6, 6.07) is 14.6. The van der Waals surface area contributed by atoms with Gasteiger partial charge in [0.25, 0.3) is 0 Å². The van der Waals surface area contributed by atoms with E-state index in [1.807, 2.05) is 28.9 Å². The van der Waals surface area contributed by atoms with Crippen LogP contribution in [0, 0.1) is 6.92 Å². The number of hydrogen-bond donors (Lipinski definition) is 0. The molecule has 0 unspecified atom stereocenters. The van der Waals surface area contributed by atoms with Crippen molar-refractivity contribution in [2.45, 2.75) is 6.92 Å². The average molecular weight is 208 g/mol. The molecule has 0 atom stereocenters. The summed E-state index contributed by atoms with van der Waals surface area (Å²) in [7, 11) is 0. The molecule has 0 aliphatic carbocycles. The van der Waals surface area contributed by atoms with Crippen LogP contribution in [0.15, 0.2) is 54.9 Å². The maximum atomic E-state index is 4.32. The van der Waals surface area contributed by atoms with Crippen molar-refractivity contribution in [2.24, 2.45) is 0 Å². The predicted octanol–water partition coefficient (Wildman–Crippen LogP) is 3.31. The lowest BCUT2D eigenvalue weighted by molar-refractivity contribution is 0.963. The minimum atomic E-state index is 1.17. The molecular weight excluding hydrogens is 196 g/mol. The molecular formula is C14H12N2. The molecule has 1 aromatic carbocycles. The van der Waals surface area contributed by atoms with E-state index in [4.69, 9.17) is 0 Å². The largest absolute Gasteiger partial charge is 0.240 e. The molecule has 3 rings (SSSR count). The summed E-state index contributed by atoms with van der Waals surface area (Å²) in [5.74, 6) is 0. The molecule has 16 heavy (non-hydrogen) atoms. The summed E-state index contributed by atoms with van der Waals surface area (Å²) >= 11 is 0. The van der Waals surface area contributed by atoms with Crippen LogP contribution in [-0.2, 0) is 0 Å². The number of nitrogens with zero attached hydrogens (tertiary/aromatic N) is 2. The molecule has 0 aliphatic heterocycles. The van der Waals surface area contributed by atoms with Gasteiger partial charge in [-0.05, 0) is 24.1 Å². The Labute approximate surface area is 94.2 Å². The number of pyridine rings is 1. The third-order valence-electron chi connectivity index (χ3n) is 2.82. The maximum Gasteiger partial charge on any atom is 0.0691 e. The third kappa shape index (κ3) is 1.39. The Bertz CT molecular complexity index is 624. The van der Waals surface area contributed by atoms with Gasteiger partial charge >= 0.3 is 0 Å². The Balaban J connectivity index is 2.19. The molecule has 78 valence electrons. The summed E-state index contributed by atoms with van der Waals surface area (Å²) in [6.07, 6.45) is 3.96. The lowest BCUT2D eigenvalue weighted by Gasteiger charge is -2.02. The van der Waals surface area contributed by atoms with Gasteiger partial charge in [-0.15, -0.1) is 0 Å². The molecule has 0 saturated heterocycles. The molecule has 0 bridgehead atoms. The molecule has 2 nitrogen and oxygen atoms in total. The third-order valence-corrected chi connectivity index (χ3v) is 2.82. The van der Waals surface area contributed by atoms with E-state index in [1.165, 1.54) is 22.2 Å². The van der Waals surface area contributed by atoms with E-state index in [2.05, 4.69) is 42.5 Å². The van der Waals surface area contributed by atoms with Gasteiger partial charge in [0.05, 0.1) is 11.7 Å². The first kappa shape index (κ1) is 9.16. The lowest BCUT2D eigenvalue weighted by atomic mass is 10.1. The van der Waals surface area contributed by atoms with E-state index in [1.54, 1.807) is 0 Å². The van der Waals surface area contributed by atoms with Crippen molar-refractivity contribution in [2.75, 3.05) is 0 Å². The van der Waals surface area contributed by atoms with E-state index in [0.29, 0.717) is 0 Å². The van der Waals surface area contributed by atoms with Crippen LogP contribution >= 0.6 is 0 Å². The number of aromatic nitrogens is 2. The van der Waals surface area contributed by atoms with Crippen LogP contribution in [0.5, 0.6) is 0 Å². The molecule has 0 saturated carbocycles. The quantitative estimate of drug-likeness (QED) is 0.599. The molecule has 2 aromatic heterocycles. The second-order valence-corrected chi connectivity index (χ2v) is 3.94. The van der Waals surface area contributed by atoms with Crippen molar-refractivity contribution in [3.05, 3.63) is 60.4 Å². The van der Waals surface area contributed by atoms with Gasteiger partial charge in [-0.25, -0.2) is 4.52 Å². The van der Waals surface area contributed by atoms with Crippen LogP contribution in [0.4, 0.5) is 0 Å². The zero-order valence-corrected chi connectivity index (χ0v) is 9.09. The normalized spacial score (nSPS) is 10.8. The van der Waals surface area contributed by atoms with Gasteiger partial charge in [0.15, 0.2) is 0 Å². The van der Waals surface area contributed by atoms with Crippen molar-refractivity contribution < 1.29 is 0 Å². The first-order valence-electron chi connectivity index (χ1n) is 5.34. The van der Waals surface area contributed by atoms with E-state index in [0.717, 1.165) is 0 Å². The van der Waals surface area contributed by atoms with Gasteiger partial charge in [-0.3, -0.25) is 0 Å². The van der Waals surface area contributed by atoms with Crippen LogP contribution in [0.2, 0.25) is 0 Å². The molecule has 0 aliphatic rings. The highest BCUT2D eigenvalue weighted by Crippen LogP contribution is 2.20. The molecule has 2 heteroatoms. The number of fused-ring (bicyclic) bond motifs is 1. The number of rotatable bonds is 1. The van der Waals surface area contributed by atoms with E-state index in [9.17, 15) is 0 Å². The van der Waals surface area contributed by atoms with E-state index in [-0.39, 0.29) is 0 Å². The first-order valence-corrected chi connectivity index (χ1v) is 5.34. The average Bonchev–Trinajstić information content (AvgIpc) is 2.72. The second kappa shape index (κ2) is 3.49. The Morgan fingerprint density at radius 3 is 2.56 bits per heavy atom. The zero-order valence-electron chi connectivity index (χ0n) is 9.09. The van der Waals surface area contributed by atoms with Crippen LogP contribution in [0.3, 0.4) is 0 Å². The summed E-state index contributed by atoms with van der Waals surface area (Å²) in [6.45, 7) is 2.07. The lowest BCUT2D eigenvalue weighted by Crippen LogP contribution is -1.88. The summed E-state index contributed by atoms with van der Waals surface area (Å²) in [5, 5.41) is 4.32. The summed E-state index contributed by atoms with van der Waals surface area (Å²) in [4.78, 5) is 0. The summed E-state index contributed by atoms with van der Waals surface area (Å²) < 4.78 is 1.93. The van der Waals surface area contributed by atoms with Gasteiger partial charge in [0, 0.05) is 11.8 Å². The number of benzene rings is 1. The molecule has 3 aromatic rings. The van der Waals surface area contributed by atoms with Crippen molar-refractivity contribution in [1.29, 1.82) is 0 Å². The highest BCUT2D eigenvalue weighted by Gasteiger charge is 2.01. The van der Waals surface area contributed by atoms with Crippen molar-refractivity contribution in [3.8, 4) is 11.1 Å². The topological polar surface area (TPSA) is 17.3 Å². The predicted molar refractivity (Wildman–Crippen MR) is 65.4 cm³/mol. The van der Waals surface area contributed by atoms with Gasteiger partial charge in [-0.1, -0.05) is 36.4 Å². The van der Waals surface area contributed by atoms with Crippen LogP contribution in [0.25, 0.3) is 16.6 Å². The Kier molecular flexibility index (Phi) is 2.00. The zero-order chi connectivity index (χ0) is 11.0. The first-order chi connectivity index (χ1) is 7.84. The van der Waals surface area contributed by atoms with Crippen molar-refractivity contribution in [3.63, 3.8) is 0 Å². The smallest absolute Gasteiger partial charge is 0.0691 e. The van der Waals surface area contributed by atoms with Crippen LogP contribution in [0.1, 0.15) is 5.56 Å². The highest BCUT2D eigenvalue weighted by atomic mass is 15.2. The molecule has 0 N–H and O–H groups in total. The van der Waals surface area contributed by atoms with Gasteiger partial charge in [0.1, 0.15) is 0 Å². The van der Waals surface area contributed by atoms with Crippen LogP contribution in [-0.4, -0.2) is 9.61 Å². The van der Waals surface area contributed by atoms with Gasteiger partial charge < -0.3 is 0 Å². The molecule has 0 radical (unpaired) electrons. The second-order valence-electron chi connectivity index (χ2n) is 3.94. The SMILES string of the molecule is Cc1cnn2cc(-c3ccccc3)ccc12. The van der Waals surface area contributed by atoms with E-state index >= 15 is 0 Å². The minimum absolute atomic E-state index is 1.17. The molecule has 0 amide bonds. The van der Waals surface area contributed by atoms with Crippen molar-refractivity contribution in [1.82, 2.24) is 9.61 Å². The van der Waals surface area contributed by atoms with E-state index < -0.39 is 0 Å². The highest BCUT2D eigenvalue weighted by molar-refractivity contribution is 5.66. The van der Waals surface area contributed by atoms with Crippen molar-refractivity contribution >= 4 is 5.52 Å². The van der Waals surface area contributed by atoms with Gasteiger partial charge in [-0.2, -0.15) is 5.10 Å². The Morgan fingerprint density at radius 1 is 0.938 bits per heavy atom. The summed E-state index contributed by atoms with van der Waals surface area (Å²) in [5.41, 5.74) is 4.79. The fourth-order valence-corrected chi connectivity index (χ4v) is 1.91. The molecule has 0 spiro atoms. The maximum absolute atomic E-state index is 4.32. The minimum Gasteiger partial charge on any atom is -0.240 e. The van der Waals surface area contributed by atoms with Crippen LogP contribution < -0.4 is 0 Å². The molecule has 2 heterocycles. The standard InChI is InChI=1S/C14H12N2/c1-11-9-15-16-10-13(7-8-14(11)16)12-5-3-2-4-6-12/h2-10H,1H3. The Morgan fingerprint density at radius 2 is 1.75 bits per heavy atom. The fraction of sp³-hybridized carbons (Fsp3) is 0.0714. The Hall–Kier alpha value is -2.09. The molecule has 0 fully saturated rings. The number of hydrogen-bond acceptors (Lipinski definition) is 1. The van der Waals surface area contributed by atoms with Gasteiger partial charge in [0.2, 0.25) is 0 Å². The monoisotopic (exact) mass is 208 g/mol.